The van der Waals surface area contributed by atoms with E-state index in [1.165, 1.54) is 31.4 Å². The van der Waals surface area contributed by atoms with Crippen LogP contribution in [0.5, 0.6) is 5.75 Å². The van der Waals surface area contributed by atoms with E-state index in [0.29, 0.717) is 22.8 Å². The van der Waals surface area contributed by atoms with Crippen molar-refractivity contribution >= 4 is 21.7 Å². The van der Waals surface area contributed by atoms with Gasteiger partial charge in [0.15, 0.2) is 0 Å². The molecule has 0 amide bonds. The molecule has 2 N–H and O–H groups in total. The number of hydrogen-bond acceptors (Lipinski definition) is 5. The van der Waals surface area contributed by atoms with Crippen molar-refractivity contribution in [3.8, 4) is 17.1 Å². The lowest BCUT2D eigenvalue weighted by Crippen LogP contribution is -2.12. The van der Waals surface area contributed by atoms with Crippen LogP contribution in [0.2, 0.25) is 0 Å². The molecule has 0 aliphatic rings. The van der Waals surface area contributed by atoms with E-state index in [-0.39, 0.29) is 10.7 Å². The number of carboxylic acids is 1. The third kappa shape index (κ3) is 3.70. The lowest BCUT2D eigenvalue weighted by molar-refractivity contribution is 0.0663. The third-order valence-electron chi connectivity index (χ3n) is 3.61. The Labute approximate surface area is 149 Å². The molecule has 3 rings (SSSR count). The van der Waals surface area contributed by atoms with Crippen molar-refractivity contribution in [2.75, 3.05) is 11.8 Å². The molecule has 1 heterocycles. The maximum absolute atomic E-state index is 12.5. The molecule has 0 saturated heterocycles. The number of furan rings is 1. The fourth-order valence-corrected chi connectivity index (χ4v) is 3.34. The Morgan fingerprint density at radius 1 is 1.00 bits per heavy atom. The number of carbonyl (C=O) groups is 1. The van der Waals surface area contributed by atoms with Gasteiger partial charge in [0.2, 0.25) is 5.76 Å². The van der Waals surface area contributed by atoms with E-state index in [1.807, 2.05) is 0 Å². The van der Waals surface area contributed by atoms with Crippen LogP contribution in [0, 0.1) is 0 Å². The van der Waals surface area contributed by atoms with E-state index in [1.54, 1.807) is 36.4 Å². The molecule has 0 spiro atoms. The lowest BCUT2D eigenvalue weighted by Gasteiger charge is -2.09. The number of anilines is 1. The van der Waals surface area contributed by atoms with Gasteiger partial charge in [0.05, 0.1) is 12.0 Å². The van der Waals surface area contributed by atoms with Crippen LogP contribution in [0.3, 0.4) is 0 Å². The molecule has 3 aromatic rings. The fourth-order valence-electron chi connectivity index (χ4n) is 2.28. The zero-order chi connectivity index (χ0) is 18.7. The van der Waals surface area contributed by atoms with Gasteiger partial charge in [-0.2, -0.15) is 0 Å². The maximum atomic E-state index is 12.5. The van der Waals surface area contributed by atoms with Gasteiger partial charge in [-0.15, -0.1) is 0 Å². The van der Waals surface area contributed by atoms with Crippen molar-refractivity contribution in [3.05, 3.63) is 66.4 Å². The monoisotopic (exact) mass is 373 g/mol. The first-order valence-electron chi connectivity index (χ1n) is 7.49. The second-order valence-corrected chi connectivity index (χ2v) is 7.01. The Bertz CT molecular complexity index is 1020. The first-order chi connectivity index (χ1) is 12.4. The van der Waals surface area contributed by atoms with E-state index in [4.69, 9.17) is 14.3 Å². The van der Waals surface area contributed by atoms with Crippen molar-refractivity contribution in [2.24, 2.45) is 0 Å². The van der Waals surface area contributed by atoms with E-state index in [9.17, 15) is 13.2 Å². The number of rotatable bonds is 6. The minimum atomic E-state index is -3.76. The number of sulfonamides is 1. The van der Waals surface area contributed by atoms with Crippen molar-refractivity contribution in [1.29, 1.82) is 0 Å². The molecule has 0 aliphatic carbocycles. The Morgan fingerprint density at radius 2 is 1.65 bits per heavy atom. The highest BCUT2D eigenvalue weighted by Gasteiger charge is 2.15. The van der Waals surface area contributed by atoms with E-state index in [0.717, 1.165) is 0 Å². The number of hydrogen-bond donors (Lipinski definition) is 2. The second-order valence-electron chi connectivity index (χ2n) is 5.33. The molecule has 0 bridgehead atoms. The van der Waals surface area contributed by atoms with Crippen LogP contribution in [0.15, 0.2) is 70.0 Å². The number of benzene rings is 2. The van der Waals surface area contributed by atoms with Gasteiger partial charge in [-0.3, -0.25) is 4.72 Å². The molecule has 0 radical (unpaired) electrons. The second kappa shape index (κ2) is 6.93. The van der Waals surface area contributed by atoms with Gasteiger partial charge in [-0.25, -0.2) is 13.2 Å². The van der Waals surface area contributed by atoms with Crippen LogP contribution >= 0.6 is 0 Å². The molecule has 1 aromatic heterocycles. The van der Waals surface area contributed by atoms with Gasteiger partial charge >= 0.3 is 5.97 Å². The summed E-state index contributed by atoms with van der Waals surface area (Å²) in [6.07, 6.45) is 0. The maximum Gasteiger partial charge on any atom is 0.371 e. The molecule has 0 saturated carbocycles. The molecular formula is C18H15NO6S. The molecule has 7 nitrogen and oxygen atoms in total. The summed E-state index contributed by atoms with van der Waals surface area (Å²) in [6.45, 7) is 0. The van der Waals surface area contributed by atoms with Gasteiger partial charge < -0.3 is 14.3 Å². The first kappa shape index (κ1) is 17.6. The first-order valence-corrected chi connectivity index (χ1v) is 8.98. The highest BCUT2D eigenvalue weighted by Crippen LogP contribution is 2.25. The fraction of sp³-hybridized carbons (Fsp3) is 0.0556. The highest BCUT2D eigenvalue weighted by molar-refractivity contribution is 7.92. The van der Waals surface area contributed by atoms with Crippen molar-refractivity contribution in [2.45, 2.75) is 4.90 Å². The largest absolute Gasteiger partial charge is 0.497 e. The summed E-state index contributed by atoms with van der Waals surface area (Å²) in [5.41, 5.74) is 0.980. The highest BCUT2D eigenvalue weighted by atomic mass is 32.2. The molecule has 0 unspecified atom stereocenters. The van der Waals surface area contributed by atoms with E-state index < -0.39 is 16.0 Å². The normalized spacial score (nSPS) is 11.1. The molecular weight excluding hydrogens is 358 g/mol. The molecule has 2 aromatic carbocycles. The molecule has 134 valence electrons. The average molecular weight is 373 g/mol. The van der Waals surface area contributed by atoms with Crippen LogP contribution < -0.4 is 9.46 Å². The number of methoxy groups -OCH3 is 1. The van der Waals surface area contributed by atoms with Gasteiger partial charge in [-0.1, -0.05) is 0 Å². The lowest BCUT2D eigenvalue weighted by atomic mass is 10.2. The van der Waals surface area contributed by atoms with Gasteiger partial charge in [0.25, 0.3) is 10.0 Å². The van der Waals surface area contributed by atoms with Crippen LogP contribution in [0.1, 0.15) is 10.6 Å². The number of ether oxygens (including phenoxy) is 1. The Kier molecular flexibility index (Phi) is 4.68. The zero-order valence-electron chi connectivity index (χ0n) is 13.7. The van der Waals surface area contributed by atoms with Crippen molar-refractivity contribution in [1.82, 2.24) is 0 Å². The van der Waals surface area contributed by atoms with Gasteiger partial charge in [0, 0.05) is 11.3 Å². The number of nitrogens with one attached hydrogen (secondary N) is 1. The Balaban J connectivity index is 1.80. The van der Waals surface area contributed by atoms with E-state index in [2.05, 4.69) is 4.72 Å². The summed E-state index contributed by atoms with van der Waals surface area (Å²) >= 11 is 0. The predicted molar refractivity (Wildman–Crippen MR) is 94.9 cm³/mol. The predicted octanol–water partition coefficient (Wildman–Crippen LogP) is 3.45. The zero-order valence-corrected chi connectivity index (χ0v) is 14.5. The van der Waals surface area contributed by atoms with Crippen LogP contribution in [0.25, 0.3) is 11.3 Å². The number of carboxylic acid groups (broad SMARTS) is 1. The summed E-state index contributed by atoms with van der Waals surface area (Å²) in [7, 11) is -2.23. The smallest absolute Gasteiger partial charge is 0.371 e. The summed E-state index contributed by atoms with van der Waals surface area (Å²) < 4.78 is 37.6. The minimum Gasteiger partial charge on any atom is -0.497 e. The summed E-state index contributed by atoms with van der Waals surface area (Å²) in [5.74, 6) is -0.386. The minimum absolute atomic E-state index is 0.0714. The van der Waals surface area contributed by atoms with Gasteiger partial charge in [-0.05, 0) is 60.7 Å². The SMILES string of the molecule is COc1ccc(NS(=O)(=O)c2ccc(-c3ccc(C(=O)O)o3)cc2)cc1. The summed E-state index contributed by atoms with van der Waals surface area (Å²) in [6, 6.07) is 15.3. The van der Waals surface area contributed by atoms with Crippen LogP contribution in [-0.2, 0) is 10.0 Å². The summed E-state index contributed by atoms with van der Waals surface area (Å²) in [4.78, 5) is 10.9. The molecule has 8 heteroatoms. The molecule has 0 fully saturated rings. The topological polar surface area (TPSA) is 106 Å². The standard InChI is InChI=1S/C18H15NO6S/c1-24-14-6-4-13(5-7-14)19-26(22,23)15-8-2-12(3-9-15)16-10-11-17(25-16)18(20)21/h2-11,19H,1H3,(H,20,21). The summed E-state index contributed by atoms with van der Waals surface area (Å²) in [5, 5.41) is 8.88. The molecule has 26 heavy (non-hydrogen) atoms. The third-order valence-corrected chi connectivity index (χ3v) is 5.01. The molecule has 0 atom stereocenters. The van der Waals surface area contributed by atoms with Crippen molar-refractivity contribution in [3.63, 3.8) is 0 Å². The molecule has 0 aliphatic heterocycles. The van der Waals surface area contributed by atoms with E-state index >= 15 is 0 Å². The average Bonchev–Trinajstić information content (AvgIpc) is 3.13. The van der Waals surface area contributed by atoms with Crippen LogP contribution in [0.4, 0.5) is 5.69 Å². The quantitative estimate of drug-likeness (QED) is 0.685. The van der Waals surface area contributed by atoms with Crippen molar-refractivity contribution < 1.29 is 27.5 Å². The Morgan fingerprint density at radius 3 is 2.19 bits per heavy atom. The Hall–Kier alpha value is -3.26. The number of aromatic carboxylic acids is 1. The van der Waals surface area contributed by atoms with Gasteiger partial charge in [0.1, 0.15) is 11.5 Å². The van der Waals surface area contributed by atoms with Crippen LogP contribution in [-0.4, -0.2) is 26.6 Å².